The van der Waals surface area contributed by atoms with E-state index in [9.17, 15) is 9.59 Å². The number of Topliss-reactive ketones (excluding diaryl/α,β-unsaturated/α-hetero) is 1. The van der Waals surface area contributed by atoms with E-state index in [4.69, 9.17) is 4.74 Å². The molecule has 0 fully saturated rings. The smallest absolute Gasteiger partial charge is 0.337 e. The lowest BCUT2D eigenvalue weighted by atomic mass is 9.75. The van der Waals surface area contributed by atoms with Crippen LogP contribution in [0.25, 0.3) is 0 Å². The van der Waals surface area contributed by atoms with Crippen LogP contribution in [0.15, 0.2) is 47.1 Å². The van der Waals surface area contributed by atoms with Crippen molar-refractivity contribution in [3.63, 3.8) is 0 Å². The molecule has 126 valence electrons. The lowest BCUT2D eigenvalue weighted by Crippen LogP contribution is -2.34. The van der Waals surface area contributed by atoms with Crippen molar-refractivity contribution in [3.05, 3.63) is 52.6 Å². The Morgan fingerprint density at radius 1 is 1.29 bits per heavy atom. The minimum atomic E-state index is -0.386. The molecule has 1 aromatic rings. The van der Waals surface area contributed by atoms with Gasteiger partial charge in [0.15, 0.2) is 5.78 Å². The molecule has 5 nitrogen and oxygen atoms in total. The van der Waals surface area contributed by atoms with E-state index in [0.717, 1.165) is 29.8 Å². The molecular weight excluding hydrogens is 304 g/mol. The molecule has 0 radical (unpaired) electrons. The third kappa shape index (κ3) is 2.98. The van der Waals surface area contributed by atoms with Crippen LogP contribution in [-0.2, 0) is 14.3 Å². The molecule has 0 bridgehead atoms. The minimum absolute atomic E-state index is 0.105. The maximum absolute atomic E-state index is 12.7. The third-order valence-corrected chi connectivity index (χ3v) is 4.38. The average Bonchev–Trinajstić information content (AvgIpc) is 2.53. The number of dihydropyridines is 1. The summed E-state index contributed by atoms with van der Waals surface area (Å²) in [5.74, 6) is -0.655. The zero-order valence-electron chi connectivity index (χ0n) is 14.3. The van der Waals surface area contributed by atoms with E-state index in [1.807, 2.05) is 32.9 Å². The van der Waals surface area contributed by atoms with E-state index in [-0.39, 0.29) is 23.8 Å². The lowest BCUT2D eigenvalue weighted by molar-refractivity contribution is -0.143. The normalized spacial score (nSPS) is 20.8. The van der Waals surface area contributed by atoms with E-state index in [1.165, 1.54) is 0 Å². The lowest BCUT2D eigenvalue weighted by Gasteiger charge is -2.34. The van der Waals surface area contributed by atoms with Gasteiger partial charge in [-0.25, -0.2) is 4.79 Å². The molecule has 1 N–H and O–H groups in total. The Morgan fingerprint density at radius 2 is 2.00 bits per heavy atom. The SMILES string of the molecule is CC1=C(C(=O)OC(C)C)[C@H](c2ccncc2)C2=C(CCCC2=O)N1. The highest BCUT2D eigenvalue weighted by atomic mass is 16.5. The summed E-state index contributed by atoms with van der Waals surface area (Å²) in [6.45, 7) is 5.51. The topological polar surface area (TPSA) is 68.3 Å². The number of nitrogens with one attached hydrogen (secondary N) is 1. The number of hydrogen-bond donors (Lipinski definition) is 1. The molecule has 0 saturated heterocycles. The number of ether oxygens (including phenoxy) is 1. The first-order valence-corrected chi connectivity index (χ1v) is 8.34. The minimum Gasteiger partial charge on any atom is -0.460 e. The number of aromatic nitrogens is 1. The third-order valence-electron chi connectivity index (χ3n) is 4.38. The second kappa shape index (κ2) is 6.59. The van der Waals surface area contributed by atoms with E-state index in [0.29, 0.717) is 17.6 Å². The summed E-state index contributed by atoms with van der Waals surface area (Å²) >= 11 is 0. The molecule has 3 rings (SSSR count). The molecule has 1 aromatic heterocycles. The Morgan fingerprint density at radius 3 is 2.67 bits per heavy atom. The molecule has 1 aliphatic heterocycles. The number of carbonyl (C=O) groups excluding carboxylic acids is 2. The summed E-state index contributed by atoms with van der Waals surface area (Å²) in [6.07, 6.45) is 5.35. The van der Waals surface area contributed by atoms with Crippen LogP contribution >= 0.6 is 0 Å². The first-order valence-electron chi connectivity index (χ1n) is 8.34. The predicted octanol–water partition coefficient (Wildman–Crippen LogP) is 3.00. The van der Waals surface area contributed by atoms with Gasteiger partial charge in [-0.15, -0.1) is 0 Å². The maximum Gasteiger partial charge on any atom is 0.337 e. The van der Waals surface area contributed by atoms with Crippen LogP contribution in [0.3, 0.4) is 0 Å². The Kier molecular flexibility index (Phi) is 4.51. The van der Waals surface area contributed by atoms with Crippen LogP contribution in [-0.4, -0.2) is 22.8 Å². The van der Waals surface area contributed by atoms with Crippen molar-refractivity contribution in [2.24, 2.45) is 0 Å². The Balaban J connectivity index is 2.12. The number of ketones is 1. The second-order valence-electron chi connectivity index (χ2n) is 6.50. The molecule has 0 spiro atoms. The quantitative estimate of drug-likeness (QED) is 0.865. The Labute approximate surface area is 141 Å². The van der Waals surface area contributed by atoms with Gasteiger partial charge in [-0.2, -0.15) is 0 Å². The molecule has 1 aliphatic carbocycles. The molecule has 5 heteroatoms. The molecule has 0 unspecified atom stereocenters. The van der Waals surface area contributed by atoms with E-state index in [1.54, 1.807) is 12.4 Å². The van der Waals surface area contributed by atoms with Crippen LogP contribution in [0.4, 0.5) is 0 Å². The van der Waals surface area contributed by atoms with Crippen molar-refractivity contribution in [2.75, 3.05) is 0 Å². The van der Waals surface area contributed by atoms with Crippen LogP contribution in [0.5, 0.6) is 0 Å². The molecule has 0 saturated carbocycles. The van der Waals surface area contributed by atoms with Crippen LogP contribution in [0.1, 0.15) is 51.5 Å². The number of allylic oxidation sites excluding steroid dienone is 3. The number of rotatable bonds is 3. The summed E-state index contributed by atoms with van der Waals surface area (Å²) < 4.78 is 5.44. The highest BCUT2D eigenvalue weighted by Crippen LogP contribution is 2.42. The van der Waals surface area contributed by atoms with Crippen molar-refractivity contribution < 1.29 is 14.3 Å². The van der Waals surface area contributed by atoms with Gasteiger partial charge in [-0.3, -0.25) is 9.78 Å². The number of hydrogen-bond acceptors (Lipinski definition) is 5. The zero-order chi connectivity index (χ0) is 17.3. The van der Waals surface area contributed by atoms with Crippen molar-refractivity contribution in [3.8, 4) is 0 Å². The van der Waals surface area contributed by atoms with Crippen LogP contribution < -0.4 is 5.32 Å². The van der Waals surface area contributed by atoms with Crippen molar-refractivity contribution in [1.29, 1.82) is 0 Å². The van der Waals surface area contributed by atoms with Gasteiger partial charge in [0, 0.05) is 41.7 Å². The Hall–Kier alpha value is -2.43. The molecule has 2 heterocycles. The summed E-state index contributed by atoms with van der Waals surface area (Å²) in [4.78, 5) is 29.4. The summed E-state index contributed by atoms with van der Waals surface area (Å²) in [5, 5.41) is 3.27. The zero-order valence-corrected chi connectivity index (χ0v) is 14.3. The van der Waals surface area contributed by atoms with E-state index < -0.39 is 0 Å². The van der Waals surface area contributed by atoms with Gasteiger partial charge in [0.1, 0.15) is 0 Å². The van der Waals surface area contributed by atoms with Gasteiger partial charge in [-0.05, 0) is 51.3 Å². The number of pyridine rings is 1. The standard InChI is InChI=1S/C19H22N2O3/c1-11(2)24-19(23)16-12(3)21-14-5-4-6-15(22)18(14)17(16)13-7-9-20-10-8-13/h7-11,17,21H,4-6H2,1-3H3/t17-/m0/s1. The second-order valence-corrected chi connectivity index (χ2v) is 6.50. The van der Waals surface area contributed by atoms with E-state index in [2.05, 4.69) is 10.3 Å². The first-order chi connectivity index (χ1) is 11.5. The fraction of sp³-hybridized carbons (Fsp3) is 0.421. The predicted molar refractivity (Wildman–Crippen MR) is 89.9 cm³/mol. The fourth-order valence-corrected chi connectivity index (χ4v) is 3.42. The highest BCUT2D eigenvalue weighted by Gasteiger charge is 2.39. The van der Waals surface area contributed by atoms with Gasteiger partial charge in [0.25, 0.3) is 0 Å². The monoisotopic (exact) mass is 326 g/mol. The molecule has 1 atom stereocenters. The largest absolute Gasteiger partial charge is 0.460 e. The molecule has 2 aliphatic rings. The van der Waals surface area contributed by atoms with E-state index >= 15 is 0 Å². The summed E-state index contributed by atoms with van der Waals surface area (Å²) in [5.41, 5.74) is 3.81. The molecule has 0 amide bonds. The average molecular weight is 326 g/mol. The highest BCUT2D eigenvalue weighted by molar-refractivity contribution is 6.03. The van der Waals surface area contributed by atoms with Crippen LogP contribution in [0, 0.1) is 0 Å². The molecule has 0 aromatic carbocycles. The first kappa shape index (κ1) is 16.4. The molecule has 24 heavy (non-hydrogen) atoms. The maximum atomic E-state index is 12.7. The van der Waals surface area contributed by atoms with Gasteiger partial charge in [-0.1, -0.05) is 0 Å². The van der Waals surface area contributed by atoms with Crippen LogP contribution in [0.2, 0.25) is 0 Å². The van der Waals surface area contributed by atoms with Gasteiger partial charge in [0.2, 0.25) is 0 Å². The molecular formula is C19H22N2O3. The summed E-state index contributed by atoms with van der Waals surface area (Å²) in [6, 6.07) is 3.72. The number of nitrogens with zero attached hydrogens (tertiary/aromatic N) is 1. The van der Waals surface area contributed by atoms with Gasteiger partial charge >= 0.3 is 5.97 Å². The van der Waals surface area contributed by atoms with Crippen molar-refractivity contribution >= 4 is 11.8 Å². The Bertz CT molecular complexity index is 732. The van der Waals surface area contributed by atoms with Crippen molar-refractivity contribution in [1.82, 2.24) is 10.3 Å². The number of esters is 1. The fourth-order valence-electron chi connectivity index (χ4n) is 3.42. The summed E-state index contributed by atoms with van der Waals surface area (Å²) in [7, 11) is 0. The van der Waals surface area contributed by atoms with Gasteiger partial charge < -0.3 is 10.1 Å². The van der Waals surface area contributed by atoms with Gasteiger partial charge in [0.05, 0.1) is 11.7 Å². The number of carbonyl (C=O) groups is 2. The van der Waals surface area contributed by atoms with Crippen molar-refractivity contribution in [2.45, 2.75) is 52.1 Å².